The maximum atomic E-state index is 13.3. The van der Waals surface area contributed by atoms with E-state index in [0.29, 0.717) is 5.92 Å². The van der Waals surface area contributed by atoms with E-state index < -0.39 is 0 Å². The van der Waals surface area contributed by atoms with Gasteiger partial charge >= 0.3 is 0 Å². The van der Waals surface area contributed by atoms with Gasteiger partial charge in [-0.1, -0.05) is 0 Å². The molecule has 0 atom stereocenters. The van der Waals surface area contributed by atoms with E-state index in [4.69, 9.17) is 0 Å². The molecular formula is C13H16FN3. The largest absolute Gasteiger partial charge is 0.335 e. The minimum Gasteiger partial charge on any atom is -0.335 e. The van der Waals surface area contributed by atoms with Crippen molar-refractivity contribution in [1.82, 2.24) is 14.9 Å². The SMILES string of the molecule is Cn1cc(C2CCNCC2)c2cc(F)cnc21. The van der Waals surface area contributed by atoms with Gasteiger partial charge in [0.2, 0.25) is 0 Å². The summed E-state index contributed by atoms with van der Waals surface area (Å²) in [7, 11) is 1.97. The monoisotopic (exact) mass is 233 g/mol. The highest BCUT2D eigenvalue weighted by Gasteiger charge is 2.20. The van der Waals surface area contributed by atoms with Crippen molar-refractivity contribution in [3.8, 4) is 0 Å². The lowest BCUT2D eigenvalue weighted by atomic mass is 9.90. The predicted octanol–water partition coefficient (Wildman–Crippen LogP) is 2.18. The first-order valence-electron chi connectivity index (χ1n) is 6.07. The van der Waals surface area contributed by atoms with Crippen LogP contribution in [0.1, 0.15) is 24.3 Å². The van der Waals surface area contributed by atoms with Crippen LogP contribution in [-0.2, 0) is 7.05 Å². The molecule has 3 nitrogen and oxygen atoms in total. The second-order valence-corrected chi connectivity index (χ2v) is 4.74. The lowest BCUT2D eigenvalue weighted by Gasteiger charge is -2.22. The Morgan fingerprint density at radius 2 is 2.18 bits per heavy atom. The normalized spacial score (nSPS) is 17.8. The predicted molar refractivity (Wildman–Crippen MR) is 65.5 cm³/mol. The molecule has 2 aromatic heterocycles. The standard InChI is InChI=1S/C13H16FN3/c1-17-8-12(9-2-4-15-5-3-9)11-6-10(14)7-16-13(11)17/h6-9,15H,2-5H2,1H3. The van der Waals surface area contributed by atoms with Crippen molar-refractivity contribution in [2.75, 3.05) is 13.1 Å². The zero-order valence-corrected chi connectivity index (χ0v) is 9.91. The second kappa shape index (κ2) is 4.11. The van der Waals surface area contributed by atoms with Crippen LogP contribution in [0.2, 0.25) is 0 Å². The van der Waals surface area contributed by atoms with E-state index in [0.717, 1.165) is 37.0 Å². The fourth-order valence-corrected chi connectivity index (χ4v) is 2.72. The number of aryl methyl sites for hydroxylation is 1. The van der Waals surface area contributed by atoms with Gasteiger partial charge in [-0.05, 0) is 43.5 Å². The molecular weight excluding hydrogens is 217 g/mol. The van der Waals surface area contributed by atoms with Crippen molar-refractivity contribution in [3.05, 3.63) is 29.8 Å². The summed E-state index contributed by atoms with van der Waals surface area (Å²) in [6.45, 7) is 2.09. The van der Waals surface area contributed by atoms with Crippen molar-refractivity contribution < 1.29 is 4.39 Å². The van der Waals surface area contributed by atoms with Crippen LogP contribution in [0.25, 0.3) is 11.0 Å². The van der Waals surface area contributed by atoms with Crippen LogP contribution in [0.3, 0.4) is 0 Å². The number of nitrogens with zero attached hydrogens (tertiary/aromatic N) is 2. The first-order chi connectivity index (χ1) is 8.25. The minimum atomic E-state index is -0.251. The van der Waals surface area contributed by atoms with E-state index in [9.17, 15) is 4.39 Å². The Kier molecular flexibility index (Phi) is 2.59. The maximum Gasteiger partial charge on any atom is 0.142 e. The van der Waals surface area contributed by atoms with Gasteiger partial charge in [-0.2, -0.15) is 0 Å². The van der Waals surface area contributed by atoms with Gasteiger partial charge in [-0.3, -0.25) is 0 Å². The molecule has 0 aromatic carbocycles. The van der Waals surface area contributed by atoms with E-state index in [-0.39, 0.29) is 5.82 Å². The first-order valence-corrected chi connectivity index (χ1v) is 6.07. The molecule has 0 aliphatic carbocycles. The number of hydrogen-bond acceptors (Lipinski definition) is 2. The van der Waals surface area contributed by atoms with Gasteiger partial charge in [0.1, 0.15) is 11.5 Å². The maximum absolute atomic E-state index is 13.3. The summed E-state index contributed by atoms with van der Waals surface area (Å²) in [5, 5.41) is 4.33. The van der Waals surface area contributed by atoms with Crippen LogP contribution in [0.15, 0.2) is 18.5 Å². The van der Waals surface area contributed by atoms with Crippen LogP contribution in [0.5, 0.6) is 0 Å². The number of halogens is 1. The highest BCUT2D eigenvalue weighted by Crippen LogP contribution is 2.31. The van der Waals surface area contributed by atoms with E-state index >= 15 is 0 Å². The molecule has 1 aliphatic heterocycles. The number of aromatic nitrogens is 2. The summed E-state index contributed by atoms with van der Waals surface area (Å²) in [4.78, 5) is 4.17. The highest BCUT2D eigenvalue weighted by molar-refractivity contribution is 5.81. The molecule has 17 heavy (non-hydrogen) atoms. The summed E-state index contributed by atoms with van der Waals surface area (Å²) < 4.78 is 15.3. The van der Waals surface area contributed by atoms with Gasteiger partial charge in [-0.25, -0.2) is 9.37 Å². The highest BCUT2D eigenvalue weighted by atomic mass is 19.1. The molecule has 0 bridgehead atoms. The Hall–Kier alpha value is -1.42. The molecule has 0 unspecified atom stereocenters. The number of fused-ring (bicyclic) bond motifs is 1. The van der Waals surface area contributed by atoms with E-state index in [1.807, 2.05) is 11.6 Å². The molecule has 3 rings (SSSR count). The number of nitrogens with one attached hydrogen (secondary N) is 1. The fourth-order valence-electron chi connectivity index (χ4n) is 2.72. The van der Waals surface area contributed by atoms with Gasteiger partial charge in [0.15, 0.2) is 0 Å². The molecule has 0 radical (unpaired) electrons. The summed E-state index contributed by atoms with van der Waals surface area (Å²) in [5.41, 5.74) is 2.12. The minimum absolute atomic E-state index is 0.251. The zero-order valence-electron chi connectivity index (χ0n) is 9.91. The summed E-state index contributed by atoms with van der Waals surface area (Å²) >= 11 is 0. The molecule has 1 N–H and O–H groups in total. The molecule has 0 spiro atoms. The van der Waals surface area contributed by atoms with E-state index in [2.05, 4.69) is 16.5 Å². The molecule has 2 aromatic rings. The fraction of sp³-hybridized carbons (Fsp3) is 0.462. The Morgan fingerprint density at radius 3 is 2.94 bits per heavy atom. The Bertz CT molecular complexity index is 541. The van der Waals surface area contributed by atoms with Crippen molar-refractivity contribution in [3.63, 3.8) is 0 Å². The summed E-state index contributed by atoms with van der Waals surface area (Å²) in [6.07, 6.45) is 5.63. The van der Waals surface area contributed by atoms with E-state index in [1.54, 1.807) is 6.07 Å². The van der Waals surface area contributed by atoms with Crippen molar-refractivity contribution in [2.45, 2.75) is 18.8 Å². The van der Waals surface area contributed by atoms with Crippen LogP contribution >= 0.6 is 0 Å². The first kappa shape index (κ1) is 10.7. The van der Waals surface area contributed by atoms with Crippen LogP contribution in [0.4, 0.5) is 4.39 Å². The Morgan fingerprint density at radius 1 is 1.41 bits per heavy atom. The molecule has 90 valence electrons. The molecule has 1 fully saturated rings. The molecule has 0 saturated carbocycles. The number of piperidine rings is 1. The number of rotatable bonds is 1. The van der Waals surface area contributed by atoms with Crippen LogP contribution in [0, 0.1) is 5.82 Å². The van der Waals surface area contributed by atoms with Crippen LogP contribution in [-0.4, -0.2) is 22.6 Å². The lowest BCUT2D eigenvalue weighted by Crippen LogP contribution is -2.26. The third kappa shape index (κ3) is 1.82. The summed E-state index contributed by atoms with van der Waals surface area (Å²) in [6, 6.07) is 1.61. The second-order valence-electron chi connectivity index (χ2n) is 4.74. The quantitative estimate of drug-likeness (QED) is 0.818. The third-order valence-corrected chi connectivity index (χ3v) is 3.59. The van der Waals surface area contributed by atoms with Gasteiger partial charge in [0, 0.05) is 18.6 Å². The molecule has 1 saturated heterocycles. The smallest absolute Gasteiger partial charge is 0.142 e. The lowest BCUT2D eigenvalue weighted by molar-refractivity contribution is 0.462. The van der Waals surface area contributed by atoms with Gasteiger partial charge in [-0.15, -0.1) is 0 Å². The summed E-state index contributed by atoms with van der Waals surface area (Å²) in [5.74, 6) is 0.280. The third-order valence-electron chi connectivity index (χ3n) is 3.59. The van der Waals surface area contributed by atoms with Gasteiger partial charge in [0.25, 0.3) is 0 Å². The zero-order chi connectivity index (χ0) is 11.8. The van der Waals surface area contributed by atoms with Crippen molar-refractivity contribution in [2.24, 2.45) is 7.05 Å². The average Bonchev–Trinajstić information content (AvgIpc) is 2.67. The number of pyridine rings is 1. The topological polar surface area (TPSA) is 29.9 Å². The molecule has 4 heteroatoms. The Balaban J connectivity index is 2.11. The molecule has 0 amide bonds. The molecule has 1 aliphatic rings. The number of hydrogen-bond donors (Lipinski definition) is 1. The average molecular weight is 233 g/mol. The van der Waals surface area contributed by atoms with Crippen molar-refractivity contribution >= 4 is 11.0 Å². The van der Waals surface area contributed by atoms with Crippen LogP contribution < -0.4 is 5.32 Å². The Labute approximate surface area is 99.7 Å². The van der Waals surface area contributed by atoms with Gasteiger partial charge in [0.05, 0.1) is 6.20 Å². The van der Waals surface area contributed by atoms with E-state index in [1.165, 1.54) is 11.8 Å². The van der Waals surface area contributed by atoms with Crippen molar-refractivity contribution in [1.29, 1.82) is 0 Å². The van der Waals surface area contributed by atoms with Gasteiger partial charge < -0.3 is 9.88 Å². The molecule has 3 heterocycles.